The van der Waals surface area contributed by atoms with Crippen LogP contribution in [0.3, 0.4) is 0 Å². The van der Waals surface area contributed by atoms with Crippen molar-refractivity contribution in [2.24, 2.45) is 0 Å². The lowest BCUT2D eigenvalue weighted by atomic mass is 10.2. The number of fused-ring (bicyclic) bond motifs is 1. The first-order valence-corrected chi connectivity index (χ1v) is 9.80. The standard InChI is InChI=1S/C19H20N4O4S/c24-18(21-11-10-20-14-5-7-15(8-6-14)23(26)27)9-12-22-16-3-1-2-4-17(16)28-13-19(22)25/h1-8,20H,9-13H2,(H,21,24). The van der Waals surface area contributed by atoms with Gasteiger partial charge in [-0.2, -0.15) is 0 Å². The third-order valence-electron chi connectivity index (χ3n) is 4.23. The highest BCUT2D eigenvalue weighted by atomic mass is 32.2. The van der Waals surface area contributed by atoms with Gasteiger partial charge in [-0.3, -0.25) is 19.7 Å². The molecule has 0 saturated carbocycles. The molecule has 2 aromatic carbocycles. The van der Waals surface area contributed by atoms with Gasteiger partial charge in [-0.05, 0) is 24.3 Å². The Morgan fingerprint density at radius 3 is 2.64 bits per heavy atom. The number of rotatable bonds is 8. The summed E-state index contributed by atoms with van der Waals surface area (Å²) in [5, 5.41) is 16.5. The number of hydrogen-bond acceptors (Lipinski definition) is 6. The number of nitro benzene ring substituents is 1. The number of benzene rings is 2. The molecular formula is C19H20N4O4S. The number of carbonyl (C=O) groups excluding carboxylic acids is 2. The molecule has 0 fully saturated rings. The van der Waals surface area contributed by atoms with Gasteiger partial charge in [0.25, 0.3) is 5.69 Å². The number of anilines is 2. The van der Waals surface area contributed by atoms with E-state index in [2.05, 4.69) is 10.6 Å². The Balaban J connectivity index is 1.40. The van der Waals surface area contributed by atoms with Gasteiger partial charge in [0.05, 0.1) is 16.4 Å². The summed E-state index contributed by atoms with van der Waals surface area (Å²) in [4.78, 5) is 37.1. The summed E-state index contributed by atoms with van der Waals surface area (Å²) in [7, 11) is 0. The van der Waals surface area contributed by atoms with E-state index in [9.17, 15) is 19.7 Å². The Morgan fingerprint density at radius 2 is 1.89 bits per heavy atom. The summed E-state index contributed by atoms with van der Waals surface area (Å²) >= 11 is 1.51. The van der Waals surface area contributed by atoms with Crippen molar-refractivity contribution in [2.45, 2.75) is 11.3 Å². The summed E-state index contributed by atoms with van der Waals surface area (Å²) in [6.45, 7) is 1.25. The maximum Gasteiger partial charge on any atom is 0.269 e. The largest absolute Gasteiger partial charge is 0.383 e. The fraction of sp³-hybridized carbons (Fsp3) is 0.263. The Labute approximate surface area is 166 Å². The van der Waals surface area contributed by atoms with E-state index < -0.39 is 4.92 Å². The third-order valence-corrected chi connectivity index (χ3v) is 5.27. The summed E-state index contributed by atoms with van der Waals surface area (Å²) in [5.74, 6) is 0.267. The van der Waals surface area contributed by atoms with Crippen LogP contribution in [-0.2, 0) is 9.59 Å². The first kappa shape index (κ1) is 19.7. The number of hydrogen-bond donors (Lipinski definition) is 2. The van der Waals surface area contributed by atoms with Gasteiger partial charge >= 0.3 is 0 Å². The number of nitro groups is 1. The van der Waals surface area contributed by atoms with Crippen LogP contribution < -0.4 is 15.5 Å². The monoisotopic (exact) mass is 400 g/mol. The molecule has 0 spiro atoms. The predicted molar refractivity (Wildman–Crippen MR) is 109 cm³/mol. The smallest absolute Gasteiger partial charge is 0.269 e. The Kier molecular flexibility index (Phi) is 6.49. The molecule has 0 bridgehead atoms. The van der Waals surface area contributed by atoms with E-state index >= 15 is 0 Å². The molecular weight excluding hydrogens is 380 g/mol. The molecule has 0 aliphatic carbocycles. The summed E-state index contributed by atoms with van der Waals surface area (Å²) in [6, 6.07) is 13.8. The molecule has 0 radical (unpaired) electrons. The zero-order valence-electron chi connectivity index (χ0n) is 15.1. The van der Waals surface area contributed by atoms with Crippen LogP contribution in [0.4, 0.5) is 17.1 Å². The van der Waals surface area contributed by atoms with Crippen molar-refractivity contribution in [3.05, 3.63) is 58.6 Å². The minimum atomic E-state index is -0.450. The lowest BCUT2D eigenvalue weighted by Crippen LogP contribution is -2.39. The number of carbonyl (C=O) groups is 2. The minimum absolute atomic E-state index is 0.0105. The zero-order valence-corrected chi connectivity index (χ0v) is 15.9. The molecule has 0 unspecified atom stereocenters. The van der Waals surface area contributed by atoms with E-state index in [-0.39, 0.29) is 23.9 Å². The Bertz CT molecular complexity index is 872. The molecule has 2 N–H and O–H groups in total. The van der Waals surface area contributed by atoms with E-state index in [0.29, 0.717) is 25.4 Å². The SMILES string of the molecule is O=C(CCN1C(=O)CSc2ccccc21)NCCNc1ccc([N+](=O)[O-])cc1. The van der Waals surface area contributed by atoms with Crippen molar-refractivity contribution in [2.75, 3.05) is 35.6 Å². The highest BCUT2D eigenvalue weighted by molar-refractivity contribution is 8.00. The summed E-state index contributed by atoms with van der Waals surface area (Å²) in [6.07, 6.45) is 0.224. The van der Waals surface area contributed by atoms with Gasteiger partial charge in [-0.25, -0.2) is 0 Å². The Morgan fingerprint density at radius 1 is 1.14 bits per heavy atom. The van der Waals surface area contributed by atoms with Crippen LogP contribution in [0.2, 0.25) is 0 Å². The van der Waals surface area contributed by atoms with Gasteiger partial charge in [0.2, 0.25) is 11.8 Å². The topological polar surface area (TPSA) is 105 Å². The number of non-ortho nitro benzene ring substituents is 1. The predicted octanol–water partition coefficient (Wildman–Crippen LogP) is 2.65. The number of para-hydroxylation sites is 1. The molecule has 2 amide bonds. The maximum absolute atomic E-state index is 12.2. The molecule has 28 heavy (non-hydrogen) atoms. The summed E-state index contributed by atoms with van der Waals surface area (Å²) in [5.41, 5.74) is 1.63. The normalized spacial score (nSPS) is 13.0. The van der Waals surface area contributed by atoms with Crippen LogP contribution in [0.1, 0.15) is 6.42 Å². The molecule has 3 rings (SSSR count). The van der Waals surface area contributed by atoms with Crippen LogP contribution >= 0.6 is 11.8 Å². The van der Waals surface area contributed by atoms with Crippen LogP contribution in [-0.4, -0.2) is 42.1 Å². The molecule has 1 heterocycles. The number of thioether (sulfide) groups is 1. The van der Waals surface area contributed by atoms with Gasteiger partial charge in [0.1, 0.15) is 0 Å². The molecule has 9 heteroatoms. The van der Waals surface area contributed by atoms with E-state index in [1.165, 1.54) is 23.9 Å². The molecule has 1 aliphatic heterocycles. The molecule has 0 atom stereocenters. The first-order valence-electron chi connectivity index (χ1n) is 8.82. The first-order chi connectivity index (χ1) is 13.5. The highest BCUT2D eigenvalue weighted by Crippen LogP contribution is 2.34. The van der Waals surface area contributed by atoms with Gasteiger partial charge in [0.15, 0.2) is 0 Å². The zero-order chi connectivity index (χ0) is 19.9. The third kappa shape index (κ3) is 5.01. The van der Waals surface area contributed by atoms with E-state index in [0.717, 1.165) is 16.3 Å². The Hall–Kier alpha value is -3.07. The van der Waals surface area contributed by atoms with Gasteiger partial charge < -0.3 is 15.5 Å². The molecule has 2 aromatic rings. The van der Waals surface area contributed by atoms with E-state index in [4.69, 9.17) is 0 Å². The maximum atomic E-state index is 12.2. The number of amides is 2. The molecule has 0 aromatic heterocycles. The van der Waals surface area contributed by atoms with E-state index in [1.54, 1.807) is 17.0 Å². The van der Waals surface area contributed by atoms with Crippen molar-refractivity contribution in [1.82, 2.24) is 5.32 Å². The lowest BCUT2D eigenvalue weighted by Gasteiger charge is -2.28. The quantitative estimate of drug-likeness (QED) is 0.401. The van der Waals surface area contributed by atoms with Crippen LogP contribution in [0.25, 0.3) is 0 Å². The van der Waals surface area contributed by atoms with Crippen LogP contribution in [0, 0.1) is 10.1 Å². The van der Waals surface area contributed by atoms with Gasteiger partial charge in [0, 0.05) is 48.8 Å². The lowest BCUT2D eigenvalue weighted by molar-refractivity contribution is -0.384. The van der Waals surface area contributed by atoms with Crippen molar-refractivity contribution in [1.29, 1.82) is 0 Å². The van der Waals surface area contributed by atoms with E-state index in [1.807, 2.05) is 24.3 Å². The average Bonchev–Trinajstić information content (AvgIpc) is 2.71. The fourth-order valence-electron chi connectivity index (χ4n) is 2.81. The molecule has 8 nitrogen and oxygen atoms in total. The fourth-order valence-corrected chi connectivity index (χ4v) is 3.75. The molecule has 1 aliphatic rings. The summed E-state index contributed by atoms with van der Waals surface area (Å²) < 4.78 is 0. The van der Waals surface area contributed by atoms with Gasteiger partial charge in [-0.15, -0.1) is 11.8 Å². The number of nitrogens with one attached hydrogen (secondary N) is 2. The average molecular weight is 400 g/mol. The minimum Gasteiger partial charge on any atom is -0.383 e. The highest BCUT2D eigenvalue weighted by Gasteiger charge is 2.24. The van der Waals surface area contributed by atoms with Crippen molar-refractivity contribution in [3.63, 3.8) is 0 Å². The second-order valence-electron chi connectivity index (χ2n) is 6.13. The van der Waals surface area contributed by atoms with Crippen LogP contribution in [0.15, 0.2) is 53.4 Å². The number of nitrogens with zero attached hydrogens (tertiary/aromatic N) is 2. The van der Waals surface area contributed by atoms with Crippen molar-refractivity contribution < 1.29 is 14.5 Å². The van der Waals surface area contributed by atoms with Crippen LogP contribution in [0.5, 0.6) is 0 Å². The van der Waals surface area contributed by atoms with Crippen molar-refractivity contribution in [3.8, 4) is 0 Å². The second kappa shape index (κ2) is 9.23. The molecule has 146 valence electrons. The molecule has 0 saturated heterocycles. The second-order valence-corrected chi connectivity index (χ2v) is 7.15. The van der Waals surface area contributed by atoms with Gasteiger partial charge in [-0.1, -0.05) is 12.1 Å². The van der Waals surface area contributed by atoms with Crippen molar-refractivity contribution >= 4 is 40.6 Å².